The van der Waals surface area contributed by atoms with E-state index in [1.165, 1.54) is 19.2 Å². The third-order valence-electron chi connectivity index (χ3n) is 1.73. The Labute approximate surface area is 86.5 Å². The number of aliphatic hydroxyl groups excluding tert-OH is 1. The second-order valence-corrected chi connectivity index (χ2v) is 2.72. The molecule has 1 aromatic carbocycles. The van der Waals surface area contributed by atoms with E-state index in [0.29, 0.717) is 0 Å². The van der Waals surface area contributed by atoms with Crippen LogP contribution in [0.5, 0.6) is 5.75 Å². The number of rotatable bonds is 2. The number of aliphatic hydroxyl groups is 1. The Hall–Kier alpha value is -1.60. The molecular weight excluding hydrogens is 202 g/mol. The lowest BCUT2D eigenvalue weighted by Crippen LogP contribution is -1.95. The van der Waals surface area contributed by atoms with Gasteiger partial charge in [-0.25, -0.2) is 4.39 Å². The van der Waals surface area contributed by atoms with Crippen LogP contribution in [0.15, 0.2) is 12.1 Å². The standard InChI is InChI=1S/C11H10F2O2/c1-15-9-6-5-8(4-2-3-7-14)10(12)11(9)13/h5-6,14H,3,7H2,1H3. The third-order valence-corrected chi connectivity index (χ3v) is 1.73. The van der Waals surface area contributed by atoms with Crippen LogP contribution in [0.25, 0.3) is 0 Å². The van der Waals surface area contributed by atoms with Gasteiger partial charge < -0.3 is 9.84 Å². The molecule has 0 unspecified atom stereocenters. The molecule has 80 valence electrons. The molecule has 1 N–H and O–H groups in total. The van der Waals surface area contributed by atoms with Crippen LogP contribution in [-0.2, 0) is 0 Å². The molecular formula is C11H10F2O2. The molecule has 0 bridgehead atoms. The van der Waals surface area contributed by atoms with E-state index in [0.717, 1.165) is 0 Å². The molecule has 15 heavy (non-hydrogen) atoms. The van der Waals surface area contributed by atoms with Gasteiger partial charge in [0.15, 0.2) is 11.6 Å². The summed E-state index contributed by atoms with van der Waals surface area (Å²) in [6, 6.07) is 2.64. The fraction of sp³-hybridized carbons (Fsp3) is 0.273. The van der Waals surface area contributed by atoms with Gasteiger partial charge in [0, 0.05) is 6.42 Å². The highest BCUT2D eigenvalue weighted by atomic mass is 19.2. The van der Waals surface area contributed by atoms with E-state index in [4.69, 9.17) is 5.11 Å². The first kappa shape index (κ1) is 11.5. The summed E-state index contributed by atoms with van der Waals surface area (Å²) in [5.74, 6) is 2.71. The Kier molecular flexibility index (Phi) is 4.07. The molecule has 0 fully saturated rings. The quantitative estimate of drug-likeness (QED) is 0.756. The van der Waals surface area contributed by atoms with Crippen molar-refractivity contribution in [1.82, 2.24) is 0 Å². The fourth-order valence-corrected chi connectivity index (χ4v) is 1.000. The van der Waals surface area contributed by atoms with Crippen LogP contribution in [0.1, 0.15) is 12.0 Å². The van der Waals surface area contributed by atoms with Crippen LogP contribution < -0.4 is 4.74 Å². The lowest BCUT2D eigenvalue weighted by atomic mass is 10.2. The van der Waals surface area contributed by atoms with Gasteiger partial charge in [0.2, 0.25) is 5.82 Å². The van der Waals surface area contributed by atoms with Crippen molar-refractivity contribution in [3.8, 4) is 17.6 Å². The van der Waals surface area contributed by atoms with Gasteiger partial charge in [-0.3, -0.25) is 0 Å². The Morgan fingerprint density at radius 2 is 2.07 bits per heavy atom. The van der Waals surface area contributed by atoms with E-state index in [2.05, 4.69) is 16.6 Å². The SMILES string of the molecule is COc1ccc(C#CCCO)c(F)c1F. The summed E-state index contributed by atoms with van der Waals surface area (Å²) in [5.41, 5.74) is -0.0400. The molecule has 0 atom stereocenters. The predicted molar refractivity (Wildman–Crippen MR) is 51.5 cm³/mol. The highest BCUT2D eigenvalue weighted by Crippen LogP contribution is 2.21. The summed E-state index contributed by atoms with van der Waals surface area (Å²) in [6.45, 7) is -0.104. The first-order valence-electron chi connectivity index (χ1n) is 4.32. The third kappa shape index (κ3) is 2.67. The van der Waals surface area contributed by atoms with Gasteiger partial charge >= 0.3 is 0 Å². The van der Waals surface area contributed by atoms with Crippen LogP contribution in [0.3, 0.4) is 0 Å². The van der Waals surface area contributed by atoms with Crippen molar-refractivity contribution in [1.29, 1.82) is 0 Å². The maximum atomic E-state index is 13.3. The first-order chi connectivity index (χ1) is 7.20. The smallest absolute Gasteiger partial charge is 0.201 e. The van der Waals surface area contributed by atoms with Gasteiger partial charge in [-0.2, -0.15) is 4.39 Å². The molecule has 0 aliphatic rings. The molecule has 0 radical (unpaired) electrons. The Morgan fingerprint density at radius 3 is 2.67 bits per heavy atom. The first-order valence-corrected chi connectivity index (χ1v) is 4.32. The number of benzene rings is 1. The molecule has 0 aliphatic heterocycles. The Balaban J connectivity index is 3.03. The number of halogens is 2. The number of methoxy groups -OCH3 is 1. The second kappa shape index (κ2) is 5.32. The highest BCUT2D eigenvalue weighted by Gasteiger charge is 2.11. The number of hydrogen-bond acceptors (Lipinski definition) is 2. The van der Waals surface area contributed by atoms with Gasteiger partial charge in [-0.15, -0.1) is 0 Å². The molecule has 0 spiro atoms. The van der Waals surface area contributed by atoms with Gasteiger partial charge in [0.05, 0.1) is 19.3 Å². The molecule has 1 aromatic rings. The lowest BCUT2D eigenvalue weighted by molar-refractivity contribution is 0.305. The van der Waals surface area contributed by atoms with Crippen LogP contribution in [0.4, 0.5) is 8.78 Å². The van der Waals surface area contributed by atoms with Crippen molar-refractivity contribution in [2.75, 3.05) is 13.7 Å². The van der Waals surface area contributed by atoms with E-state index in [1.54, 1.807) is 0 Å². The van der Waals surface area contributed by atoms with Crippen LogP contribution in [0, 0.1) is 23.5 Å². The average Bonchev–Trinajstić information content (AvgIpc) is 2.25. The summed E-state index contributed by atoms with van der Waals surface area (Å²) in [7, 11) is 1.26. The van der Waals surface area contributed by atoms with Crippen molar-refractivity contribution in [2.24, 2.45) is 0 Å². The Morgan fingerprint density at radius 1 is 1.33 bits per heavy atom. The van der Waals surface area contributed by atoms with E-state index >= 15 is 0 Å². The maximum Gasteiger partial charge on any atom is 0.201 e. The summed E-state index contributed by atoms with van der Waals surface area (Å²) in [4.78, 5) is 0. The summed E-state index contributed by atoms with van der Waals surface area (Å²) in [6.07, 6.45) is 0.229. The monoisotopic (exact) mass is 212 g/mol. The minimum Gasteiger partial charge on any atom is -0.494 e. The number of hydrogen-bond donors (Lipinski definition) is 1. The Bertz CT molecular complexity index is 405. The fourth-order valence-electron chi connectivity index (χ4n) is 1.000. The zero-order valence-electron chi connectivity index (χ0n) is 8.18. The minimum atomic E-state index is -1.05. The topological polar surface area (TPSA) is 29.5 Å². The highest BCUT2D eigenvalue weighted by molar-refractivity contribution is 5.40. The van der Waals surface area contributed by atoms with Crippen LogP contribution >= 0.6 is 0 Å². The summed E-state index contributed by atoms with van der Waals surface area (Å²) >= 11 is 0. The molecule has 1 rings (SSSR count). The second-order valence-electron chi connectivity index (χ2n) is 2.72. The summed E-state index contributed by atoms with van der Waals surface area (Å²) < 4.78 is 31.0. The molecule has 4 heteroatoms. The van der Waals surface area contributed by atoms with Gasteiger partial charge in [0.1, 0.15) is 0 Å². The van der Waals surface area contributed by atoms with Gasteiger partial charge in [0.25, 0.3) is 0 Å². The molecule has 0 aromatic heterocycles. The lowest BCUT2D eigenvalue weighted by Gasteiger charge is -2.02. The van der Waals surface area contributed by atoms with Crippen molar-refractivity contribution in [3.63, 3.8) is 0 Å². The molecule has 0 saturated heterocycles. The van der Waals surface area contributed by atoms with Crippen LogP contribution in [0.2, 0.25) is 0 Å². The average molecular weight is 212 g/mol. The predicted octanol–water partition coefficient (Wildman–Crippen LogP) is 1.71. The summed E-state index contributed by atoms with van der Waals surface area (Å²) in [5, 5.41) is 8.46. The van der Waals surface area contributed by atoms with Crippen molar-refractivity contribution in [3.05, 3.63) is 29.3 Å². The van der Waals surface area contributed by atoms with Crippen molar-refractivity contribution < 1.29 is 18.6 Å². The zero-order valence-corrected chi connectivity index (χ0v) is 8.18. The van der Waals surface area contributed by atoms with E-state index in [9.17, 15) is 8.78 Å². The van der Waals surface area contributed by atoms with E-state index < -0.39 is 11.6 Å². The largest absolute Gasteiger partial charge is 0.494 e. The van der Waals surface area contributed by atoms with Crippen molar-refractivity contribution >= 4 is 0 Å². The van der Waals surface area contributed by atoms with Crippen LogP contribution in [-0.4, -0.2) is 18.8 Å². The van der Waals surface area contributed by atoms with E-state index in [1.807, 2.05) is 0 Å². The number of ether oxygens (including phenoxy) is 1. The van der Waals surface area contributed by atoms with Gasteiger partial charge in [-0.05, 0) is 12.1 Å². The molecule has 0 saturated carbocycles. The van der Waals surface area contributed by atoms with Gasteiger partial charge in [-0.1, -0.05) is 11.8 Å². The molecule has 0 aliphatic carbocycles. The molecule has 2 nitrogen and oxygen atoms in total. The van der Waals surface area contributed by atoms with Crippen molar-refractivity contribution in [2.45, 2.75) is 6.42 Å². The van der Waals surface area contributed by atoms with E-state index in [-0.39, 0.29) is 24.3 Å². The zero-order chi connectivity index (χ0) is 11.3. The minimum absolute atomic E-state index is 0.0400. The molecule has 0 heterocycles. The maximum absolute atomic E-state index is 13.3. The molecule has 0 amide bonds. The normalized spacial score (nSPS) is 9.33.